The molecule has 0 amide bonds. The Labute approximate surface area is 202 Å². The molecule has 33 heavy (non-hydrogen) atoms. The van der Waals surface area contributed by atoms with E-state index in [-0.39, 0.29) is 11.2 Å². The SMILES string of the molecule is CC(C)(C)c1ccc(-n2c(-c3cccc(-c4ccccc4)c3O)nc3c(Br)cccc32)cc1. The van der Waals surface area contributed by atoms with Gasteiger partial charge in [-0.05, 0) is 62.8 Å². The Morgan fingerprint density at radius 2 is 1.42 bits per heavy atom. The zero-order valence-corrected chi connectivity index (χ0v) is 20.5. The van der Waals surface area contributed by atoms with Crippen LogP contribution in [-0.4, -0.2) is 14.7 Å². The summed E-state index contributed by atoms with van der Waals surface area (Å²) in [5, 5.41) is 11.3. The van der Waals surface area contributed by atoms with Crippen LogP contribution in [-0.2, 0) is 5.41 Å². The van der Waals surface area contributed by atoms with Crippen molar-refractivity contribution in [2.75, 3.05) is 0 Å². The highest BCUT2D eigenvalue weighted by molar-refractivity contribution is 9.10. The predicted molar refractivity (Wildman–Crippen MR) is 140 cm³/mol. The molecule has 4 aromatic carbocycles. The summed E-state index contributed by atoms with van der Waals surface area (Å²) in [7, 11) is 0. The van der Waals surface area contributed by atoms with Crippen LogP contribution in [0.25, 0.3) is 39.2 Å². The fourth-order valence-electron chi connectivity index (χ4n) is 4.19. The van der Waals surface area contributed by atoms with Crippen molar-refractivity contribution in [3.8, 4) is 34.0 Å². The molecule has 0 bridgehead atoms. The molecule has 0 aliphatic carbocycles. The number of hydrogen-bond donors (Lipinski definition) is 1. The average Bonchev–Trinajstić information content (AvgIpc) is 3.20. The van der Waals surface area contributed by atoms with E-state index in [0.717, 1.165) is 32.3 Å². The molecule has 4 heteroatoms. The average molecular weight is 497 g/mol. The van der Waals surface area contributed by atoms with Gasteiger partial charge in [0.15, 0.2) is 0 Å². The zero-order chi connectivity index (χ0) is 23.2. The number of hydrogen-bond acceptors (Lipinski definition) is 2. The van der Waals surface area contributed by atoms with Crippen molar-refractivity contribution >= 4 is 27.0 Å². The zero-order valence-electron chi connectivity index (χ0n) is 18.9. The molecule has 5 rings (SSSR count). The molecule has 0 atom stereocenters. The number of rotatable bonds is 3. The molecule has 3 nitrogen and oxygen atoms in total. The van der Waals surface area contributed by atoms with Crippen molar-refractivity contribution in [3.63, 3.8) is 0 Å². The van der Waals surface area contributed by atoms with Gasteiger partial charge in [0.1, 0.15) is 17.1 Å². The van der Waals surface area contributed by atoms with Crippen LogP contribution >= 0.6 is 15.9 Å². The van der Waals surface area contributed by atoms with Gasteiger partial charge in [0.25, 0.3) is 0 Å². The first-order valence-electron chi connectivity index (χ1n) is 11.0. The first kappa shape index (κ1) is 21.5. The first-order valence-corrected chi connectivity index (χ1v) is 11.8. The van der Waals surface area contributed by atoms with E-state index in [2.05, 4.69) is 71.6 Å². The third-order valence-corrected chi connectivity index (χ3v) is 6.63. The van der Waals surface area contributed by atoms with Gasteiger partial charge < -0.3 is 5.11 Å². The Bertz CT molecular complexity index is 1450. The number of benzene rings is 4. The fraction of sp³-hybridized carbons (Fsp3) is 0.138. The van der Waals surface area contributed by atoms with Crippen molar-refractivity contribution in [2.45, 2.75) is 26.2 Å². The van der Waals surface area contributed by atoms with Crippen molar-refractivity contribution in [1.29, 1.82) is 0 Å². The summed E-state index contributed by atoms with van der Waals surface area (Å²) in [5.74, 6) is 0.929. The maximum atomic E-state index is 11.3. The van der Waals surface area contributed by atoms with Gasteiger partial charge in [-0.2, -0.15) is 0 Å². The normalized spacial score (nSPS) is 11.8. The molecular formula is C29H25BrN2O. The first-order chi connectivity index (χ1) is 15.8. The number of halogens is 1. The highest BCUT2D eigenvalue weighted by Gasteiger charge is 2.21. The van der Waals surface area contributed by atoms with Gasteiger partial charge >= 0.3 is 0 Å². The van der Waals surface area contributed by atoms with Crippen LogP contribution in [0.4, 0.5) is 0 Å². The Kier molecular flexibility index (Phi) is 5.34. The van der Waals surface area contributed by atoms with Crippen molar-refractivity contribution in [3.05, 3.63) is 101 Å². The van der Waals surface area contributed by atoms with E-state index >= 15 is 0 Å². The molecule has 0 radical (unpaired) electrons. The van der Waals surface area contributed by atoms with Gasteiger partial charge in [0.2, 0.25) is 0 Å². The van der Waals surface area contributed by atoms with Crippen LogP contribution in [0.3, 0.4) is 0 Å². The maximum absolute atomic E-state index is 11.3. The van der Waals surface area contributed by atoms with E-state index in [1.54, 1.807) is 0 Å². The van der Waals surface area contributed by atoms with E-state index in [4.69, 9.17) is 4.98 Å². The summed E-state index contributed by atoms with van der Waals surface area (Å²) in [6.07, 6.45) is 0. The molecule has 0 spiro atoms. The van der Waals surface area contributed by atoms with Gasteiger partial charge in [0.05, 0.1) is 11.1 Å². The van der Waals surface area contributed by atoms with E-state index in [1.807, 2.05) is 60.7 Å². The van der Waals surface area contributed by atoms with E-state index < -0.39 is 0 Å². The van der Waals surface area contributed by atoms with Crippen molar-refractivity contribution in [1.82, 2.24) is 9.55 Å². The topological polar surface area (TPSA) is 38.0 Å². The third kappa shape index (κ3) is 3.85. The summed E-state index contributed by atoms with van der Waals surface area (Å²) >= 11 is 3.66. The van der Waals surface area contributed by atoms with E-state index in [1.165, 1.54) is 5.56 Å². The number of aromatic nitrogens is 2. The molecule has 0 fully saturated rings. The molecular weight excluding hydrogens is 472 g/mol. The standard InChI is InChI=1S/C29H25BrN2O/c1-29(2,3)20-15-17-21(18-16-20)32-25-14-8-13-24(30)26(25)31-28(32)23-12-7-11-22(27(23)33)19-9-5-4-6-10-19/h4-18,33H,1-3H3. The molecule has 0 saturated heterocycles. The van der Waals surface area contributed by atoms with Crippen LogP contribution in [0, 0.1) is 0 Å². The second-order valence-electron chi connectivity index (χ2n) is 9.24. The number of imidazole rings is 1. The minimum absolute atomic E-state index is 0.0731. The number of nitrogens with zero attached hydrogens (tertiary/aromatic N) is 2. The lowest BCUT2D eigenvalue weighted by Gasteiger charge is -2.20. The fourth-order valence-corrected chi connectivity index (χ4v) is 4.64. The number of para-hydroxylation sites is 2. The Morgan fingerprint density at radius 1 is 0.758 bits per heavy atom. The van der Waals surface area contributed by atoms with Crippen LogP contribution in [0.1, 0.15) is 26.3 Å². The van der Waals surface area contributed by atoms with E-state index in [0.29, 0.717) is 11.4 Å². The highest BCUT2D eigenvalue weighted by Crippen LogP contribution is 2.40. The number of aromatic hydroxyl groups is 1. The maximum Gasteiger partial charge on any atom is 0.149 e. The summed E-state index contributed by atoms with van der Waals surface area (Å²) in [6, 6.07) is 30.4. The largest absolute Gasteiger partial charge is 0.507 e. The molecule has 164 valence electrons. The smallest absolute Gasteiger partial charge is 0.149 e. The monoisotopic (exact) mass is 496 g/mol. The second-order valence-corrected chi connectivity index (χ2v) is 10.1. The lowest BCUT2D eigenvalue weighted by atomic mass is 9.87. The van der Waals surface area contributed by atoms with Crippen LogP contribution in [0.2, 0.25) is 0 Å². The lowest BCUT2D eigenvalue weighted by Crippen LogP contribution is -2.11. The molecule has 5 aromatic rings. The van der Waals surface area contributed by atoms with Crippen LogP contribution in [0.15, 0.2) is 95.5 Å². The minimum Gasteiger partial charge on any atom is -0.507 e. The molecule has 0 unspecified atom stereocenters. The van der Waals surface area contributed by atoms with Gasteiger partial charge in [0, 0.05) is 15.7 Å². The molecule has 0 saturated carbocycles. The Hall–Kier alpha value is -3.37. The molecule has 1 heterocycles. The van der Waals surface area contributed by atoms with Crippen LogP contribution < -0.4 is 0 Å². The molecule has 0 aliphatic rings. The third-order valence-electron chi connectivity index (χ3n) is 5.99. The molecule has 1 aromatic heterocycles. The van der Waals surface area contributed by atoms with Crippen molar-refractivity contribution < 1.29 is 5.11 Å². The molecule has 0 aliphatic heterocycles. The van der Waals surface area contributed by atoms with Crippen LogP contribution in [0.5, 0.6) is 5.75 Å². The van der Waals surface area contributed by atoms with Gasteiger partial charge in [-0.25, -0.2) is 4.98 Å². The van der Waals surface area contributed by atoms with Gasteiger partial charge in [-0.15, -0.1) is 0 Å². The highest BCUT2D eigenvalue weighted by atomic mass is 79.9. The minimum atomic E-state index is 0.0731. The van der Waals surface area contributed by atoms with Crippen molar-refractivity contribution in [2.24, 2.45) is 0 Å². The number of phenolic OH excluding ortho intramolecular Hbond substituents is 1. The van der Waals surface area contributed by atoms with Gasteiger partial charge in [-0.3, -0.25) is 4.57 Å². The van der Waals surface area contributed by atoms with Gasteiger partial charge in [-0.1, -0.05) is 81.4 Å². The predicted octanol–water partition coefficient (Wildman–Crippen LogP) is 8.13. The van der Waals surface area contributed by atoms with E-state index in [9.17, 15) is 5.11 Å². The Morgan fingerprint density at radius 3 is 2.12 bits per heavy atom. The molecule has 1 N–H and O–H groups in total. The number of fused-ring (bicyclic) bond motifs is 1. The number of phenols is 1. The Balaban J connectivity index is 1.76. The lowest BCUT2D eigenvalue weighted by molar-refractivity contribution is 0.479. The second kappa shape index (κ2) is 8.20. The summed E-state index contributed by atoms with van der Waals surface area (Å²) in [5.41, 5.74) is 6.63. The summed E-state index contributed by atoms with van der Waals surface area (Å²) in [4.78, 5) is 4.98. The summed E-state index contributed by atoms with van der Waals surface area (Å²) in [6.45, 7) is 6.64. The summed E-state index contributed by atoms with van der Waals surface area (Å²) < 4.78 is 3.04. The quantitative estimate of drug-likeness (QED) is 0.273.